The molecule has 2 aromatic heterocycles. The third-order valence-corrected chi connectivity index (χ3v) is 9.20. The summed E-state index contributed by atoms with van der Waals surface area (Å²) in [6.07, 6.45) is -1.09. The predicted molar refractivity (Wildman–Crippen MR) is 158 cm³/mol. The molecule has 3 fully saturated rings. The van der Waals surface area contributed by atoms with Crippen molar-refractivity contribution in [1.29, 1.82) is 0 Å². The number of benzene rings is 2. The van der Waals surface area contributed by atoms with E-state index in [1.54, 1.807) is 24.4 Å². The number of nitrogens with zero attached hydrogens (tertiary/aromatic N) is 5. The molecule has 1 aliphatic carbocycles. The summed E-state index contributed by atoms with van der Waals surface area (Å²) in [6.45, 7) is 6.78. The molecule has 2 aliphatic heterocycles. The van der Waals surface area contributed by atoms with Gasteiger partial charge in [0.05, 0.1) is 42.6 Å². The maximum Gasteiger partial charge on any atom is 0.416 e. The maximum atomic E-state index is 13.7. The molecule has 0 radical (unpaired) electrons. The average molecular weight is 606 g/mol. The van der Waals surface area contributed by atoms with E-state index in [9.17, 15) is 18.0 Å². The van der Waals surface area contributed by atoms with E-state index in [0.717, 1.165) is 62.2 Å². The lowest BCUT2D eigenvalue weighted by Gasteiger charge is -2.58. The number of pyridine rings is 1. The van der Waals surface area contributed by atoms with Crippen LogP contribution < -0.4 is 4.90 Å². The summed E-state index contributed by atoms with van der Waals surface area (Å²) in [4.78, 5) is 26.5. The van der Waals surface area contributed by atoms with Gasteiger partial charge in [0.15, 0.2) is 0 Å². The first-order valence-corrected chi connectivity index (χ1v) is 15.0. The van der Waals surface area contributed by atoms with Crippen LogP contribution in [0.3, 0.4) is 0 Å². The van der Waals surface area contributed by atoms with Crippen molar-refractivity contribution < 1.29 is 27.4 Å². The smallest absolute Gasteiger partial charge is 0.416 e. The number of halogens is 3. The van der Waals surface area contributed by atoms with Crippen LogP contribution in [-0.4, -0.2) is 70.9 Å². The van der Waals surface area contributed by atoms with Gasteiger partial charge in [0.25, 0.3) is 0 Å². The Morgan fingerprint density at radius 3 is 2.52 bits per heavy atom. The minimum Gasteiger partial charge on any atom is -0.459 e. The standard InChI is InChI=1S/C33H34F3N5O3/c1-22-24(8-5-9-26(22)33(34,35)36)18-41-28-14-29(40-10-12-43-13-11-40)37-17-27(28)38-30(41)19-39-20-32(21-39)15-25(16-32)44-31(42)23-6-3-2-4-7-23/h2-9,14,17,25H,10-13,15-16,18-21H2,1H3. The van der Waals surface area contributed by atoms with Crippen molar-refractivity contribution in [1.82, 2.24) is 19.4 Å². The number of anilines is 1. The molecule has 0 bridgehead atoms. The van der Waals surface area contributed by atoms with Gasteiger partial charge in [-0.05, 0) is 49.1 Å². The Balaban J connectivity index is 1.10. The molecule has 11 heteroatoms. The average Bonchev–Trinajstić information content (AvgIpc) is 3.32. The van der Waals surface area contributed by atoms with Gasteiger partial charge in [-0.2, -0.15) is 13.2 Å². The molecule has 7 rings (SSSR count). The summed E-state index contributed by atoms with van der Waals surface area (Å²) in [5, 5.41) is 0. The molecule has 2 aromatic carbocycles. The Kier molecular flexibility index (Phi) is 7.32. The Labute approximate surface area is 253 Å². The Bertz CT molecular complexity index is 1670. The van der Waals surface area contributed by atoms with Crippen LogP contribution in [0, 0.1) is 12.3 Å². The molecule has 230 valence electrons. The third-order valence-electron chi connectivity index (χ3n) is 9.20. The largest absolute Gasteiger partial charge is 0.459 e. The molecule has 8 nitrogen and oxygen atoms in total. The van der Waals surface area contributed by atoms with Crippen molar-refractivity contribution >= 4 is 22.8 Å². The molecule has 0 amide bonds. The second-order valence-corrected chi connectivity index (χ2v) is 12.3. The highest BCUT2D eigenvalue weighted by Crippen LogP contribution is 2.50. The van der Waals surface area contributed by atoms with Crippen LogP contribution in [0.4, 0.5) is 19.0 Å². The van der Waals surface area contributed by atoms with Gasteiger partial charge in [0.1, 0.15) is 23.3 Å². The van der Waals surface area contributed by atoms with Crippen LogP contribution in [0.15, 0.2) is 60.8 Å². The second-order valence-electron chi connectivity index (χ2n) is 12.3. The van der Waals surface area contributed by atoms with Crippen molar-refractivity contribution in [3.05, 3.63) is 88.9 Å². The number of ether oxygens (including phenoxy) is 2. The number of esters is 1. The third kappa shape index (κ3) is 5.54. The van der Waals surface area contributed by atoms with E-state index in [0.29, 0.717) is 36.4 Å². The first kappa shape index (κ1) is 28.8. The number of fused-ring (bicyclic) bond motifs is 1. The number of alkyl halides is 3. The summed E-state index contributed by atoms with van der Waals surface area (Å²) in [5.74, 6) is 1.31. The summed E-state index contributed by atoms with van der Waals surface area (Å²) in [5.41, 5.74) is 2.46. The van der Waals surface area contributed by atoms with E-state index in [2.05, 4.69) is 14.8 Å². The monoisotopic (exact) mass is 605 g/mol. The summed E-state index contributed by atoms with van der Waals surface area (Å²) < 4.78 is 54.5. The molecule has 44 heavy (non-hydrogen) atoms. The van der Waals surface area contributed by atoms with Crippen molar-refractivity contribution in [2.45, 2.75) is 45.1 Å². The lowest BCUT2D eigenvalue weighted by atomic mass is 9.62. The molecule has 4 heterocycles. The van der Waals surface area contributed by atoms with E-state index < -0.39 is 11.7 Å². The second kappa shape index (κ2) is 11.2. The number of carbonyl (C=O) groups is 1. The molecular weight excluding hydrogens is 571 g/mol. The molecule has 0 atom stereocenters. The van der Waals surface area contributed by atoms with Crippen LogP contribution in [0.5, 0.6) is 0 Å². The number of carbonyl (C=O) groups excluding carboxylic acids is 1. The zero-order valence-electron chi connectivity index (χ0n) is 24.5. The SMILES string of the molecule is Cc1c(Cn2c(CN3CC4(CC(OC(=O)c5ccccc5)C4)C3)nc3cnc(N4CCOCC4)cc32)cccc1C(F)(F)F. The number of morpholine rings is 1. The fourth-order valence-corrected chi connectivity index (χ4v) is 6.92. The van der Waals surface area contributed by atoms with Gasteiger partial charge >= 0.3 is 12.1 Å². The van der Waals surface area contributed by atoms with Crippen LogP contribution in [-0.2, 0) is 28.7 Å². The summed E-state index contributed by atoms with van der Waals surface area (Å²) >= 11 is 0. The summed E-state index contributed by atoms with van der Waals surface area (Å²) in [7, 11) is 0. The van der Waals surface area contributed by atoms with Gasteiger partial charge in [-0.1, -0.05) is 30.3 Å². The van der Waals surface area contributed by atoms with Gasteiger partial charge in [-0.25, -0.2) is 14.8 Å². The van der Waals surface area contributed by atoms with Crippen molar-refractivity contribution in [2.24, 2.45) is 5.41 Å². The Morgan fingerprint density at radius 1 is 1.05 bits per heavy atom. The molecule has 1 saturated carbocycles. The normalized spacial score (nSPS) is 18.8. The molecular formula is C33H34F3N5O3. The van der Waals surface area contributed by atoms with E-state index in [1.807, 2.05) is 28.8 Å². The van der Waals surface area contributed by atoms with E-state index >= 15 is 0 Å². The van der Waals surface area contributed by atoms with Gasteiger partial charge in [-0.3, -0.25) is 4.90 Å². The van der Waals surface area contributed by atoms with Gasteiger partial charge in [-0.15, -0.1) is 0 Å². The van der Waals surface area contributed by atoms with Crippen LogP contribution in [0.25, 0.3) is 11.0 Å². The zero-order chi connectivity index (χ0) is 30.5. The van der Waals surface area contributed by atoms with Gasteiger partial charge < -0.3 is 18.9 Å². The lowest BCUT2D eigenvalue weighted by molar-refractivity contribution is -0.138. The van der Waals surface area contributed by atoms with E-state index in [-0.39, 0.29) is 29.6 Å². The first-order chi connectivity index (χ1) is 21.2. The molecule has 0 unspecified atom stereocenters. The predicted octanol–water partition coefficient (Wildman–Crippen LogP) is 5.46. The molecule has 4 aromatic rings. The van der Waals surface area contributed by atoms with Crippen LogP contribution in [0.1, 0.15) is 45.7 Å². The zero-order valence-corrected chi connectivity index (χ0v) is 24.5. The minimum absolute atomic E-state index is 0.0806. The fraction of sp³-hybridized carbons (Fsp3) is 0.424. The number of imidazole rings is 1. The number of hydrogen-bond acceptors (Lipinski definition) is 7. The number of hydrogen-bond donors (Lipinski definition) is 0. The molecule has 3 aliphatic rings. The summed E-state index contributed by atoms with van der Waals surface area (Å²) in [6, 6.07) is 15.4. The van der Waals surface area contributed by atoms with Gasteiger partial charge in [0.2, 0.25) is 0 Å². The highest BCUT2D eigenvalue weighted by atomic mass is 19.4. The first-order valence-electron chi connectivity index (χ1n) is 15.0. The lowest BCUT2D eigenvalue weighted by Crippen LogP contribution is -2.63. The van der Waals surface area contributed by atoms with Crippen molar-refractivity contribution in [2.75, 3.05) is 44.3 Å². The van der Waals surface area contributed by atoms with E-state index in [4.69, 9.17) is 14.5 Å². The maximum absolute atomic E-state index is 13.7. The number of aromatic nitrogens is 3. The Morgan fingerprint density at radius 2 is 1.80 bits per heavy atom. The van der Waals surface area contributed by atoms with Crippen LogP contribution in [0.2, 0.25) is 0 Å². The highest BCUT2D eigenvalue weighted by Gasteiger charge is 2.53. The molecule has 1 spiro atoms. The highest BCUT2D eigenvalue weighted by molar-refractivity contribution is 5.89. The van der Waals surface area contributed by atoms with Crippen LogP contribution >= 0.6 is 0 Å². The number of likely N-dealkylation sites (tertiary alicyclic amines) is 1. The topological polar surface area (TPSA) is 72.7 Å². The minimum atomic E-state index is -4.42. The van der Waals surface area contributed by atoms with Crippen molar-refractivity contribution in [3.63, 3.8) is 0 Å². The fourth-order valence-electron chi connectivity index (χ4n) is 6.92. The van der Waals surface area contributed by atoms with Crippen molar-refractivity contribution in [3.8, 4) is 0 Å². The van der Waals surface area contributed by atoms with Gasteiger partial charge in [0, 0.05) is 44.2 Å². The molecule has 2 saturated heterocycles. The Hall–Kier alpha value is -3.96. The van der Waals surface area contributed by atoms with E-state index in [1.165, 1.54) is 13.0 Å². The molecule has 0 N–H and O–H groups in total. The quantitative estimate of drug-likeness (QED) is 0.259. The number of rotatable bonds is 7.